The Bertz CT molecular complexity index is 446. The summed E-state index contributed by atoms with van der Waals surface area (Å²) in [6, 6.07) is 21.9. The van der Waals surface area contributed by atoms with Gasteiger partial charge in [0.05, 0.1) is 6.04 Å². The maximum absolute atomic E-state index is 4.12. The van der Waals surface area contributed by atoms with Crippen LogP contribution in [0.2, 0.25) is 0 Å². The van der Waals surface area contributed by atoms with Gasteiger partial charge in [-0.15, -0.1) is 0 Å². The molecule has 2 aromatic carbocycles. The van der Waals surface area contributed by atoms with Gasteiger partial charge in [0.15, 0.2) is 0 Å². The Morgan fingerprint density at radius 1 is 0.833 bits per heavy atom. The van der Waals surface area contributed by atoms with Gasteiger partial charge in [0, 0.05) is 13.1 Å². The van der Waals surface area contributed by atoms with Crippen molar-refractivity contribution in [2.24, 2.45) is 5.92 Å². The summed E-state index contributed by atoms with van der Waals surface area (Å²) in [5, 5.41) is 0. The van der Waals surface area contributed by atoms with Crippen molar-refractivity contribution < 1.29 is 0 Å². The van der Waals surface area contributed by atoms with Crippen LogP contribution in [0, 0.1) is 12.8 Å². The average molecular weight is 236 g/mol. The van der Waals surface area contributed by atoms with Crippen LogP contribution >= 0.6 is 0 Å². The molecule has 0 amide bonds. The second kappa shape index (κ2) is 4.95. The molecule has 91 valence electrons. The fourth-order valence-electron chi connectivity index (χ4n) is 2.71. The summed E-state index contributed by atoms with van der Waals surface area (Å²) in [5.41, 5.74) is 2.74. The molecule has 0 saturated carbocycles. The molecule has 0 spiro atoms. The van der Waals surface area contributed by atoms with Gasteiger partial charge in [-0.1, -0.05) is 60.7 Å². The fourth-order valence-corrected chi connectivity index (χ4v) is 2.71. The lowest BCUT2D eigenvalue weighted by Crippen LogP contribution is -2.47. The van der Waals surface area contributed by atoms with E-state index in [4.69, 9.17) is 0 Å². The number of nitrogens with zero attached hydrogens (tertiary/aromatic N) is 1. The molecule has 0 unspecified atom stereocenters. The number of hydrogen-bond acceptors (Lipinski definition) is 1. The van der Waals surface area contributed by atoms with Crippen LogP contribution in [0.4, 0.5) is 0 Å². The molecule has 0 aromatic heterocycles. The zero-order chi connectivity index (χ0) is 12.4. The summed E-state index contributed by atoms with van der Waals surface area (Å²) in [6.45, 7) is 6.31. The first-order valence-corrected chi connectivity index (χ1v) is 6.51. The van der Waals surface area contributed by atoms with Crippen molar-refractivity contribution in [2.75, 3.05) is 13.1 Å². The minimum absolute atomic E-state index is 0.380. The quantitative estimate of drug-likeness (QED) is 0.788. The standard InChI is InChI=1S/C17H18N/c1-14-12-18(13-14)17(15-8-4-2-5-9-15)16-10-6-3-7-11-16/h2-11,14,17H,1,12-13H2. The first-order valence-electron chi connectivity index (χ1n) is 6.51. The zero-order valence-electron chi connectivity index (χ0n) is 10.5. The molecule has 1 heterocycles. The predicted octanol–water partition coefficient (Wildman–Crippen LogP) is 3.54. The lowest BCUT2D eigenvalue weighted by molar-refractivity contribution is 0.0938. The Morgan fingerprint density at radius 2 is 1.28 bits per heavy atom. The highest BCUT2D eigenvalue weighted by Gasteiger charge is 2.31. The minimum atomic E-state index is 0.380. The largest absolute Gasteiger partial charge is 0.292 e. The first-order chi connectivity index (χ1) is 8.84. The lowest BCUT2D eigenvalue weighted by atomic mass is 9.91. The molecule has 1 heteroatoms. The van der Waals surface area contributed by atoms with Crippen LogP contribution < -0.4 is 0 Å². The molecule has 2 aromatic rings. The fraction of sp³-hybridized carbons (Fsp3) is 0.235. The summed E-state index contributed by atoms with van der Waals surface area (Å²) >= 11 is 0. The molecule has 0 atom stereocenters. The third kappa shape index (κ3) is 2.19. The van der Waals surface area contributed by atoms with Crippen LogP contribution in [-0.4, -0.2) is 18.0 Å². The maximum Gasteiger partial charge on any atom is 0.0602 e. The van der Waals surface area contributed by atoms with E-state index in [0.717, 1.165) is 13.1 Å². The number of rotatable bonds is 3. The second-order valence-electron chi connectivity index (χ2n) is 5.04. The molecule has 0 aliphatic carbocycles. The molecule has 0 N–H and O–H groups in total. The molecule has 1 radical (unpaired) electrons. The van der Waals surface area contributed by atoms with Gasteiger partial charge in [0.2, 0.25) is 0 Å². The van der Waals surface area contributed by atoms with Crippen molar-refractivity contribution in [3.8, 4) is 0 Å². The topological polar surface area (TPSA) is 3.24 Å². The molecule has 1 aliphatic rings. The summed E-state index contributed by atoms with van der Waals surface area (Å²) in [7, 11) is 0. The Labute approximate surface area is 109 Å². The highest BCUT2D eigenvalue weighted by atomic mass is 15.2. The molecule has 3 rings (SSSR count). The highest BCUT2D eigenvalue weighted by Crippen LogP contribution is 2.33. The van der Waals surface area contributed by atoms with Crippen molar-refractivity contribution in [3.63, 3.8) is 0 Å². The Hall–Kier alpha value is -1.60. The summed E-state index contributed by atoms with van der Waals surface area (Å²) in [4.78, 5) is 2.50. The van der Waals surface area contributed by atoms with Gasteiger partial charge >= 0.3 is 0 Å². The van der Waals surface area contributed by atoms with Crippen LogP contribution in [-0.2, 0) is 0 Å². The highest BCUT2D eigenvalue weighted by molar-refractivity contribution is 5.32. The van der Waals surface area contributed by atoms with Gasteiger partial charge in [-0.2, -0.15) is 0 Å². The monoisotopic (exact) mass is 236 g/mol. The van der Waals surface area contributed by atoms with E-state index >= 15 is 0 Å². The zero-order valence-corrected chi connectivity index (χ0v) is 10.5. The van der Waals surface area contributed by atoms with Crippen LogP contribution in [0.25, 0.3) is 0 Å². The summed E-state index contributed by atoms with van der Waals surface area (Å²) < 4.78 is 0. The van der Waals surface area contributed by atoms with E-state index in [0.29, 0.717) is 12.0 Å². The molecule has 18 heavy (non-hydrogen) atoms. The van der Waals surface area contributed by atoms with Gasteiger partial charge in [-0.25, -0.2) is 0 Å². The minimum Gasteiger partial charge on any atom is -0.292 e. The van der Waals surface area contributed by atoms with Gasteiger partial charge in [0.25, 0.3) is 0 Å². The Morgan fingerprint density at radius 3 is 1.67 bits per heavy atom. The lowest BCUT2D eigenvalue weighted by Gasteiger charge is -2.43. The van der Waals surface area contributed by atoms with Crippen molar-refractivity contribution in [3.05, 3.63) is 78.7 Å². The molecular weight excluding hydrogens is 218 g/mol. The van der Waals surface area contributed by atoms with E-state index < -0.39 is 0 Å². The van der Waals surface area contributed by atoms with Gasteiger partial charge in [-0.05, 0) is 24.0 Å². The molecule has 1 saturated heterocycles. The van der Waals surface area contributed by atoms with Gasteiger partial charge in [0.1, 0.15) is 0 Å². The number of benzene rings is 2. The normalized spacial score (nSPS) is 16.8. The van der Waals surface area contributed by atoms with Crippen molar-refractivity contribution >= 4 is 0 Å². The van der Waals surface area contributed by atoms with E-state index in [1.807, 2.05) is 0 Å². The summed E-state index contributed by atoms with van der Waals surface area (Å²) in [6.07, 6.45) is 0. The second-order valence-corrected chi connectivity index (χ2v) is 5.04. The smallest absolute Gasteiger partial charge is 0.0602 e. The molecule has 0 bridgehead atoms. The Kier molecular flexibility index (Phi) is 3.16. The van der Waals surface area contributed by atoms with Crippen molar-refractivity contribution in [2.45, 2.75) is 6.04 Å². The van der Waals surface area contributed by atoms with Crippen molar-refractivity contribution in [1.82, 2.24) is 4.90 Å². The van der Waals surface area contributed by atoms with Crippen LogP contribution in [0.3, 0.4) is 0 Å². The van der Waals surface area contributed by atoms with E-state index in [2.05, 4.69) is 72.5 Å². The molecule has 1 nitrogen and oxygen atoms in total. The molecule has 1 fully saturated rings. The van der Waals surface area contributed by atoms with Crippen LogP contribution in [0.5, 0.6) is 0 Å². The van der Waals surface area contributed by atoms with E-state index in [9.17, 15) is 0 Å². The Balaban J connectivity index is 1.94. The average Bonchev–Trinajstić information content (AvgIpc) is 2.40. The predicted molar refractivity (Wildman–Crippen MR) is 75.1 cm³/mol. The van der Waals surface area contributed by atoms with E-state index in [1.165, 1.54) is 11.1 Å². The third-order valence-corrected chi connectivity index (χ3v) is 3.58. The number of likely N-dealkylation sites (tertiary alicyclic amines) is 1. The van der Waals surface area contributed by atoms with Gasteiger partial charge in [-0.3, -0.25) is 4.90 Å². The summed E-state index contributed by atoms with van der Waals surface area (Å²) in [5.74, 6) is 0.583. The maximum atomic E-state index is 4.12. The van der Waals surface area contributed by atoms with Crippen LogP contribution in [0.15, 0.2) is 60.7 Å². The van der Waals surface area contributed by atoms with E-state index in [1.54, 1.807) is 0 Å². The SMILES string of the molecule is [CH2]C1CN(C(c2ccccc2)c2ccccc2)C1. The number of hydrogen-bond donors (Lipinski definition) is 0. The molecule has 1 aliphatic heterocycles. The van der Waals surface area contributed by atoms with Crippen molar-refractivity contribution in [1.29, 1.82) is 0 Å². The van der Waals surface area contributed by atoms with Crippen LogP contribution in [0.1, 0.15) is 17.2 Å². The first kappa shape index (κ1) is 11.5. The molecular formula is C17H18N. The third-order valence-electron chi connectivity index (χ3n) is 3.58. The van der Waals surface area contributed by atoms with E-state index in [-0.39, 0.29) is 0 Å². The van der Waals surface area contributed by atoms with Gasteiger partial charge < -0.3 is 0 Å².